The number of aromatic nitrogens is 2. The average Bonchev–Trinajstić information content (AvgIpc) is 2.42. The van der Waals surface area contributed by atoms with Crippen molar-refractivity contribution >= 4 is 44.9 Å². The van der Waals surface area contributed by atoms with Crippen molar-refractivity contribution < 1.29 is 4.79 Å². The molecule has 0 saturated heterocycles. The molecule has 0 aliphatic rings. The predicted molar refractivity (Wildman–Crippen MR) is 78.7 cm³/mol. The van der Waals surface area contributed by atoms with Crippen molar-refractivity contribution in [1.82, 2.24) is 9.97 Å². The van der Waals surface area contributed by atoms with E-state index >= 15 is 0 Å². The van der Waals surface area contributed by atoms with Gasteiger partial charge in [0.15, 0.2) is 0 Å². The van der Waals surface area contributed by atoms with Crippen molar-refractivity contribution in [1.29, 1.82) is 0 Å². The number of nitrogens with one attached hydrogen (secondary N) is 2. The summed E-state index contributed by atoms with van der Waals surface area (Å²) in [4.78, 5) is 20.0. The molecule has 0 unspecified atom stereocenters. The summed E-state index contributed by atoms with van der Waals surface area (Å²) >= 11 is 9.33. The van der Waals surface area contributed by atoms with Crippen molar-refractivity contribution in [3.63, 3.8) is 0 Å². The summed E-state index contributed by atoms with van der Waals surface area (Å²) < 4.78 is 0.840. The number of benzene rings is 1. The molecule has 0 bridgehead atoms. The van der Waals surface area contributed by atoms with Crippen LogP contribution in [0, 0.1) is 0 Å². The summed E-state index contributed by atoms with van der Waals surface area (Å²) in [7, 11) is 1.71. The smallest absolute Gasteiger partial charge is 0.275 e. The fourth-order valence-corrected chi connectivity index (χ4v) is 2.09. The Morgan fingerprint density at radius 3 is 2.84 bits per heavy atom. The molecule has 0 radical (unpaired) electrons. The number of halogens is 2. The third kappa shape index (κ3) is 3.42. The predicted octanol–water partition coefficient (Wildman–Crippen LogP) is 3.19. The molecule has 0 aliphatic heterocycles. The quantitative estimate of drug-likeness (QED) is 0.900. The Hall–Kier alpha value is -1.66. The third-order valence-corrected chi connectivity index (χ3v) is 3.11. The first-order chi connectivity index (χ1) is 9.10. The molecule has 0 atom stereocenters. The standard InChI is InChI=1S/C12H10BrClN4O/c1-15-11-6-16-5-10(17-11)12(19)18-9-3-2-7(13)4-8(9)14/h2-6H,1H3,(H,15,17)(H,18,19). The lowest BCUT2D eigenvalue weighted by Crippen LogP contribution is -2.15. The first kappa shape index (κ1) is 13.8. The Bertz CT molecular complexity index is 620. The zero-order valence-electron chi connectivity index (χ0n) is 9.95. The van der Waals surface area contributed by atoms with E-state index in [1.807, 2.05) is 0 Å². The van der Waals surface area contributed by atoms with Crippen molar-refractivity contribution in [2.45, 2.75) is 0 Å². The van der Waals surface area contributed by atoms with Gasteiger partial charge >= 0.3 is 0 Å². The van der Waals surface area contributed by atoms with Gasteiger partial charge in [-0.3, -0.25) is 9.78 Å². The summed E-state index contributed by atoms with van der Waals surface area (Å²) in [6, 6.07) is 5.20. The van der Waals surface area contributed by atoms with Crippen LogP contribution in [0.5, 0.6) is 0 Å². The van der Waals surface area contributed by atoms with Gasteiger partial charge in [0, 0.05) is 11.5 Å². The van der Waals surface area contributed by atoms with Crippen LogP contribution < -0.4 is 10.6 Å². The molecule has 0 saturated carbocycles. The molecular formula is C12H10BrClN4O. The Morgan fingerprint density at radius 2 is 2.16 bits per heavy atom. The van der Waals surface area contributed by atoms with Crippen molar-refractivity contribution in [3.05, 3.63) is 45.8 Å². The molecule has 1 aromatic heterocycles. The number of nitrogens with zero attached hydrogens (tertiary/aromatic N) is 2. The summed E-state index contributed by atoms with van der Waals surface area (Å²) in [5, 5.41) is 5.95. The molecule has 1 heterocycles. The SMILES string of the molecule is CNc1cncc(C(=O)Nc2ccc(Br)cc2Cl)n1. The minimum Gasteiger partial charge on any atom is -0.372 e. The molecule has 19 heavy (non-hydrogen) atoms. The van der Waals surface area contributed by atoms with E-state index < -0.39 is 0 Å². The van der Waals surface area contributed by atoms with E-state index in [-0.39, 0.29) is 11.6 Å². The minimum atomic E-state index is -0.367. The number of hydrogen-bond acceptors (Lipinski definition) is 4. The van der Waals surface area contributed by atoms with Crippen LogP contribution in [0.25, 0.3) is 0 Å². The molecule has 2 rings (SSSR count). The van der Waals surface area contributed by atoms with Crippen LogP contribution in [0.1, 0.15) is 10.5 Å². The first-order valence-corrected chi connectivity index (χ1v) is 6.53. The lowest BCUT2D eigenvalue weighted by molar-refractivity contribution is 0.102. The molecule has 0 spiro atoms. The van der Waals surface area contributed by atoms with Gasteiger partial charge in [-0.25, -0.2) is 4.98 Å². The van der Waals surface area contributed by atoms with Gasteiger partial charge in [-0.2, -0.15) is 0 Å². The lowest BCUT2D eigenvalue weighted by atomic mass is 10.3. The van der Waals surface area contributed by atoms with Gasteiger partial charge < -0.3 is 10.6 Å². The van der Waals surface area contributed by atoms with Gasteiger partial charge in [-0.1, -0.05) is 27.5 Å². The van der Waals surface area contributed by atoms with Crippen LogP contribution >= 0.6 is 27.5 Å². The molecule has 98 valence electrons. The highest BCUT2D eigenvalue weighted by Gasteiger charge is 2.11. The number of hydrogen-bond donors (Lipinski definition) is 2. The second-order valence-electron chi connectivity index (χ2n) is 3.62. The van der Waals surface area contributed by atoms with Crippen LogP contribution in [0.4, 0.5) is 11.5 Å². The van der Waals surface area contributed by atoms with Gasteiger partial charge in [0.2, 0.25) is 0 Å². The highest BCUT2D eigenvalue weighted by atomic mass is 79.9. The zero-order chi connectivity index (χ0) is 13.8. The van der Waals surface area contributed by atoms with Crippen molar-refractivity contribution in [2.24, 2.45) is 0 Å². The third-order valence-electron chi connectivity index (χ3n) is 2.30. The van der Waals surface area contributed by atoms with Crippen LogP contribution in [0.3, 0.4) is 0 Å². The van der Waals surface area contributed by atoms with E-state index in [4.69, 9.17) is 11.6 Å². The van der Waals surface area contributed by atoms with E-state index in [2.05, 4.69) is 36.5 Å². The second kappa shape index (κ2) is 5.99. The molecule has 2 aromatic rings. The van der Waals surface area contributed by atoms with Crippen LogP contribution in [0.2, 0.25) is 5.02 Å². The van der Waals surface area contributed by atoms with E-state index in [1.165, 1.54) is 12.4 Å². The number of anilines is 2. The maximum absolute atomic E-state index is 12.0. The average molecular weight is 342 g/mol. The molecule has 5 nitrogen and oxygen atoms in total. The molecule has 1 aromatic carbocycles. The van der Waals surface area contributed by atoms with Gasteiger partial charge in [0.05, 0.1) is 23.1 Å². The maximum Gasteiger partial charge on any atom is 0.275 e. The first-order valence-electron chi connectivity index (χ1n) is 5.36. The van der Waals surface area contributed by atoms with E-state index in [1.54, 1.807) is 25.2 Å². The molecule has 2 N–H and O–H groups in total. The van der Waals surface area contributed by atoms with E-state index in [0.717, 1.165) is 4.47 Å². The topological polar surface area (TPSA) is 66.9 Å². The van der Waals surface area contributed by atoms with E-state index in [0.29, 0.717) is 16.5 Å². The molecule has 1 amide bonds. The normalized spacial score (nSPS) is 10.1. The largest absolute Gasteiger partial charge is 0.372 e. The minimum absolute atomic E-state index is 0.214. The zero-order valence-corrected chi connectivity index (χ0v) is 12.3. The summed E-state index contributed by atoms with van der Waals surface area (Å²) in [6.07, 6.45) is 2.92. The number of amides is 1. The number of rotatable bonds is 3. The second-order valence-corrected chi connectivity index (χ2v) is 4.94. The van der Waals surface area contributed by atoms with Crippen LogP contribution in [-0.2, 0) is 0 Å². The van der Waals surface area contributed by atoms with Crippen molar-refractivity contribution in [3.8, 4) is 0 Å². The van der Waals surface area contributed by atoms with E-state index in [9.17, 15) is 4.79 Å². The molecule has 0 fully saturated rings. The van der Waals surface area contributed by atoms with Crippen LogP contribution in [0.15, 0.2) is 35.1 Å². The molecular weight excluding hydrogens is 332 g/mol. The van der Waals surface area contributed by atoms with Gasteiger partial charge in [-0.05, 0) is 18.2 Å². The Labute approximate surface area is 123 Å². The highest BCUT2D eigenvalue weighted by Crippen LogP contribution is 2.25. The molecule has 7 heteroatoms. The highest BCUT2D eigenvalue weighted by molar-refractivity contribution is 9.10. The summed E-state index contributed by atoms with van der Waals surface area (Å²) in [5.41, 5.74) is 0.734. The van der Waals surface area contributed by atoms with Gasteiger partial charge in [0.1, 0.15) is 11.5 Å². The summed E-state index contributed by atoms with van der Waals surface area (Å²) in [5.74, 6) is 0.156. The molecule has 0 aliphatic carbocycles. The fraction of sp³-hybridized carbons (Fsp3) is 0.0833. The summed E-state index contributed by atoms with van der Waals surface area (Å²) in [6.45, 7) is 0. The Morgan fingerprint density at radius 1 is 1.37 bits per heavy atom. The number of carbonyl (C=O) groups excluding carboxylic acids is 1. The van der Waals surface area contributed by atoms with Gasteiger partial charge in [0.25, 0.3) is 5.91 Å². The van der Waals surface area contributed by atoms with Crippen molar-refractivity contribution in [2.75, 3.05) is 17.7 Å². The Balaban J connectivity index is 2.20. The van der Waals surface area contributed by atoms with Crippen LogP contribution in [-0.4, -0.2) is 22.9 Å². The fourth-order valence-electron chi connectivity index (χ4n) is 1.37. The van der Waals surface area contributed by atoms with Gasteiger partial charge in [-0.15, -0.1) is 0 Å². The lowest BCUT2D eigenvalue weighted by Gasteiger charge is -2.07. The Kier molecular flexibility index (Phi) is 4.34. The maximum atomic E-state index is 12.0. The monoisotopic (exact) mass is 340 g/mol. The number of carbonyl (C=O) groups is 1.